The van der Waals surface area contributed by atoms with Gasteiger partial charge in [-0.05, 0) is 6.42 Å². The molecule has 0 aliphatic carbocycles. The van der Waals surface area contributed by atoms with E-state index in [-0.39, 0.29) is 11.7 Å². The van der Waals surface area contributed by atoms with Crippen molar-refractivity contribution in [3.63, 3.8) is 0 Å². The molecule has 0 bridgehead atoms. The minimum Gasteiger partial charge on any atom is -0.466 e. The summed E-state index contributed by atoms with van der Waals surface area (Å²) in [7, 11) is 0. The van der Waals surface area contributed by atoms with Crippen molar-refractivity contribution in [1.82, 2.24) is 0 Å². The Bertz CT molecular complexity index is 351. The zero-order valence-electron chi connectivity index (χ0n) is 10.8. The van der Waals surface area contributed by atoms with Crippen molar-refractivity contribution >= 4 is 11.7 Å². The van der Waals surface area contributed by atoms with Crippen molar-refractivity contribution in [3.05, 3.63) is 40.4 Å². The molecule has 0 spiro atoms. The van der Waals surface area contributed by atoms with Gasteiger partial charge in [0.05, 0.1) is 11.5 Å². The lowest BCUT2D eigenvalue weighted by Crippen LogP contribution is -1.99. The molecule has 0 saturated heterocycles. The number of hydrogen-bond acceptors (Lipinski definition) is 4. The van der Waals surface area contributed by atoms with Crippen LogP contribution < -0.4 is 0 Å². The average molecular weight is 253 g/mol. The van der Waals surface area contributed by atoms with Crippen LogP contribution in [0.1, 0.15) is 33.1 Å². The SMILES string of the molecule is CCCCCOC(C)=O.O=[N+]([O-])c1ccccc1. The Hall–Kier alpha value is -1.91. The molecule has 0 unspecified atom stereocenters. The average Bonchev–Trinajstić information content (AvgIpc) is 2.36. The summed E-state index contributed by atoms with van der Waals surface area (Å²) in [5.74, 6) is -0.175. The summed E-state index contributed by atoms with van der Waals surface area (Å²) in [6.07, 6.45) is 3.31. The number of unbranched alkanes of at least 4 members (excludes halogenated alkanes) is 2. The lowest BCUT2D eigenvalue weighted by molar-refractivity contribution is -0.384. The van der Waals surface area contributed by atoms with Gasteiger partial charge in [0, 0.05) is 19.1 Å². The normalized spacial score (nSPS) is 9.00. The molecular weight excluding hydrogens is 234 g/mol. The van der Waals surface area contributed by atoms with Crippen molar-refractivity contribution in [2.24, 2.45) is 0 Å². The van der Waals surface area contributed by atoms with Crippen LogP contribution in [0.15, 0.2) is 30.3 Å². The van der Waals surface area contributed by atoms with Crippen LogP contribution in [-0.4, -0.2) is 17.5 Å². The number of para-hydroxylation sites is 1. The number of nitro groups is 1. The molecule has 1 aromatic carbocycles. The lowest BCUT2D eigenvalue weighted by Gasteiger charge is -1.98. The quantitative estimate of drug-likeness (QED) is 0.349. The monoisotopic (exact) mass is 253 g/mol. The summed E-state index contributed by atoms with van der Waals surface area (Å²) in [5.41, 5.74) is 0.137. The van der Waals surface area contributed by atoms with Gasteiger partial charge in [0.25, 0.3) is 5.69 Å². The van der Waals surface area contributed by atoms with Crippen LogP contribution in [0.5, 0.6) is 0 Å². The molecule has 5 nitrogen and oxygen atoms in total. The topological polar surface area (TPSA) is 69.4 Å². The zero-order chi connectivity index (χ0) is 13.8. The van der Waals surface area contributed by atoms with Crippen LogP contribution in [0.25, 0.3) is 0 Å². The van der Waals surface area contributed by atoms with Gasteiger partial charge in [-0.2, -0.15) is 0 Å². The van der Waals surface area contributed by atoms with Crippen LogP contribution >= 0.6 is 0 Å². The van der Waals surface area contributed by atoms with Crippen LogP contribution in [-0.2, 0) is 9.53 Å². The van der Waals surface area contributed by atoms with Crippen LogP contribution in [0.2, 0.25) is 0 Å². The number of nitro benzene ring substituents is 1. The third kappa shape index (κ3) is 9.33. The second-order valence-electron chi connectivity index (χ2n) is 3.64. The summed E-state index contributed by atoms with van der Waals surface area (Å²) in [5, 5.41) is 10.0. The molecular formula is C13H19NO4. The maximum absolute atomic E-state index is 10.2. The maximum Gasteiger partial charge on any atom is 0.302 e. The fourth-order valence-corrected chi connectivity index (χ4v) is 1.12. The van der Waals surface area contributed by atoms with E-state index in [1.54, 1.807) is 18.2 Å². The van der Waals surface area contributed by atoms with Gasteiger partial charge in [0.15, 0.2) is 0 Å². The third-order valence-electron chi connectivity index (χ3n) is 2.02. The minimum absolute atomic E-state index is 0.137. The molecule has 1 rings (SSSR count). The molecule has 0 N–H and O–H groups in total. The number of rotatable bonds is 5. The van der Waals surface area contributed by atoms with E-state index in [9.17, 15) is 14.9 Å². The first-order valence-corrected chi connectivity index (χ1v) is 5.90. The molecule has 100 valence electrons. The Labute approximate surface area is 107 Å². The molecule has 0 radical (unpaired) electrons. The van der Waals surface area contributed by atoms with E-state index >= 15 is 0 Å². The van der Waals surface area contributed by atoms with Crippen molar-refractivity contribution in [3.8, 4) is 0 Å². The number of non-ortho nitro benzene ring substituents is 1. The highest BCUT2D eigenvalue weighted by atomic mass is 16.6. The molecule has 0 heterocycles. The number of ether oxygens (including phenoxy) is 1. The van der Waals surface area contributed by atoms with E-state index < -0.39 is 4.92 Å². The molecule has 0 aromatic heterocycles. The highest BCUT2D eigenvalue weighted by molar-refractivity contribution is 5.65. The fourth-order valence-electron chi connectivity index (χ4n) is 1.12. The highest BCUT2D eigenvalue weighted by Crippen LogP contribution is 2.06. The smallest absolute Gasteiger partial charge is 0.302 e. The van der Waals surface area contributed by atoms with Gasteiger partial charge in [-0.25, -0.2) is 0 Å². The second kappa shape index (κ2) is 10.3. The standard InChI is InChI=1S/C7H14O2.C6H5NO2/c1-3-4-5-6-9-7(2)8;8-7(9)6-4-2-1-3-5-6/h3-6H2,1-2H3;1-5H. The number of benzene rings is 1. The van der Waals surface area contributed by atoms with E-state index in [0.717, 1.165) is 12.8 Å². The fraction of sp³-hybridized carbons (Fsp3) is 0.462. The van der Waals surface area contributed by atoms with Gasteiger partial charge in [0.2, 0.25) is 0 Å². The number of esters is 1. The van der Waals surface area contributed by atoms with Crippen molar-refractivity contribution < 1.29 is 14.5 Å². The zero-order valence-corrected chi connectivity index (χ0v) is 10.8. The van der Waals surface area contributed by atoms with Crippen LogP contribution in [0.3, 0.4) is 0 Å². The van der Waals surface area contributed by atoms with Crippen molar-refractivity contribution in [1.29, 1.82) is 0 Å². The molecule has 0 saturated carbocycles. The Morgan fingerprint density at radius 1 is 1.28 bits per heavy atom. The lowest BCUT2D eigenvalue weighted by atomic mass is 10.3. The largest absolute Gasteiger partial charge is 0.466 e. The minimum atomic E-state index is -0.417. The van der Waals surface area contributed by atoms with E-state index in [4.69, 9.17) is 4.74 Å². The number of nitrogens with zero attached hydrogens (tertiary/aromatic N) is 1. The molecule has 1 aromatic rings. The number of hydrogen-bond donors (Lipinski definition) is 0. The molecule has 0 fully saturated rings. The Balaban J connectivity index is 0.000000321. The second-order valence-corrected chi connectivity index (χ2v) is 3.64. The van der Waals surface area contributed by atoms with E-state index in [0.29, 0.717) is 6.61 Å². The van der Waals surface area contributed by atoms with E-state index in [2.05, 4.69) is 6.92 Å². The first kappa shape index (κ1) is 16.1. The summed E-state index contributed by atoms with van der Waals surface area (Å²) in [4.78, 5) is 19.8. The maximum atomic E-state index is 10.2. The predicted molar refractivity (Wildman–Crippen MR) is 69.3 cm³/mol. The van der Waals surface area contributed by atoms with Crippen molar-refractivity contribution in [2.45, 2.75) is 33.1 Å². The molecule has 5 heteroatoms. The summed E-state index contributed by atoms with van der Waals surface area (Å²) >= 11 is 0. The van der Waals surface area contributed by atoms with E-state index in [1.807, 2.05) is 0 Å². The first-order valence-electron chi connectivity index (χ1n) is 5.90. The number of carbonyl (C=O) groups is 1. The van der Waals surface area contributed by atoms with Gasteiger partial charge < -0.3 is 4.74 Å². The van der Waals surface area contributed by atoms with Crippen molar-refractivity contribution in [2.75, 3.05) is 6.61 Å². The van der Waals surface area contributed by atoms with Crippen LogP contribution in [0.4, 0.5) is 5.69 Å². The van der Waals surface area contributed by atoms with Gasteiger partial charge >= 0.3 is 5.97 Å². The Kier molecular flexibility index (Phi) is 9.17. The van der Waals surface area contributed by atoms with E-state index in [1.165, 1.54) is 25.5 Å². The molecule has 0 aliphatic heterocycles. The molecule has 18 heavy (non-hydrogen) atoms. The van der Waals surface area contributed by atoms with Gasteiger partial charge in [0.1, 0.15) is 0 Å². The van der Waals surface area contributed by atoms with Gasteiger partial charge in [-0.1, -0.05) is 38.0 Å². The van der Waals surface area contributed by atoms with Gasteiger partial charge in [-0.15, -0.1) is 0 Å². The Morgan fingerprint density at radius 2 is 1.89 bits per heavy atom. The number of carbonyl (C=O) groups excluding carboxylic acids is 1. The summed E-state index contributed by atoms with van der Waals surface area (Å²) in [6.45, 7) is 4.14. The van der Waals surface area contributed by atoms with Crippen LogP contribution in [0, 0.1) is 10.1 Å². The molecule has 0 amide bonds. The molecule has 0 aliphatic rings. The summed E-state index contributed by atoms with van der Waals surface area (Å²) < 4.78 is 4.70. The predicted octanol–water partition coefficient (Wildman–Crippen LogP) is 3.33. The first-order chi connectivity index (χ1) is 8.57. The third-order valence-corrected chi connectivity index (χ3v) is 2.02. The summed E-state index contributed by atoms with van der Waals surface area (Å²) in [6, 6.07) is 7.93. The highest BCUT2D eigenvalue weighted by Gasteiger charge is 1.98. The van der Waals surface area contributed by atoms with Gasteiger partial charge in [-0.3, -0.25) is 14.9 Å². The molecule has 0 atom stereocenters. The Morgan fingerprint density at radius 3 is 2.28 bits per heavy atom.